The first-order valence-corrected chi connectivity index (χ1v) is 11.8. The Hall–Kier alpha value is -3.72. The number of carbonyl (C=O) groups is 1. The Labute approximate surface area is 199 Å². The van der Waals surface area contributed by atoms with Gasteiger partial charge in [0.15, 0.2) is 0 Å². The second-order valence-electron chi connectivity index (χ2n) is 8.07. The fourth-order valence-corrected chi connectivity index (χ4v) is 5.45. The molecule has 0 unspecified atom stereocenters. The summed E-state index contributed by atoms with van der Waals surface area (Å²) in [6.45, 7) is 1.29. The van der Waals surface area contributed by atoms with Crippen LogP contribution in [0.25, 0.3) is 10.2 Å². The number of urea groups is 1. The predicted molar refractivity (Wildman–Crippen MR) is 130 cm³/mol. The third-order valence-electron chi connectivity index (χ3n) is 6.04. The molecule has 9 heteroatoms. The lowest BCUT2D eigenvalue weighted by molar-refractivity contribution is 0.207. The number of methoxy groups -OCH3 is 1. The first-order valence-electron chi connectivity index (χ1n) is 11.0. The third kappa shape index (κ3) is 4.14. The first-order chi connectivity index (χ1) is 16.5. The number of ether oxygens (including phenoxy) is 1. The molecular weight excluding hydrogens is 455 g/mol. The van der Waals surface area contributed by atoms with Crippen LogP contribution in [0.1, 0.15) is 16.0 Å². The van der Waals surface area contributed by atoms with Crippen LogP contribution in [-0.4, -0.2) is 34.1 Å². The van der Waals surface area contributed by atoms with Crippen molar-refractivity contribution in [2.75, 3.05) is 19.0 Å². The molecule has 5 rings (SSSR count). The molecule has 0 fully saturated rings. The molecule has 2 amide bonds. The molecule has 3 heterocycles. The number of hydrogen-bond acceptors (Lipinski definition) is 5. The average Bonchev–Trinajstić information content (AvgIpc) is 3.23. The van der Waals surface area contributed by atoms with E-state index >= 15 is 0 Å². The highest BCUT2D eigenvalue weighted by atomic mass is 32.1. The molecule has 0 spiro atoms. The quantitative estimate of drug-likeness (QED) is 0.460. The molecule has 34 heavy (non-hydrogen) atoms. The molecule has 1 N–H and O–H groups in total. The molecule has 7 nitrogen and oxygen atoms in total. The van der Waals surface area contributed by atoms with Gasteiger partial charge in [0, 0.05) is 18.0 Å². The van der Waals surface area contributed by atoms with E-state index in [0.29, 0.717) is 42.7 Å². The van der Waals surface area contributed by atoms with Crippen LogP contribution in [-0.2, 0) is 25.9 Å². The summed E-state index contributed by atoms with van der Waals surface area (Å²) in [5.41, 5.74) is 2.07. The molecule has 1 aliphatic heterocycles. The number of rotatable bonds is 5. The minimum absolute atomic E-state index is 0.0679. The molecule has 0 saturated heterocycles. The van der Waals surface area contributed by atoms with E-state index in [-0.39, 0.29) is 17.3 Å². The predicted octanol–water partition coefficient (Wildman–Crippen LogP) is 4.44. The summed E-state index contributed by atoms with van der Waals surface area (Å²) in [5, 5.41) is 3.27. The van der Waals surface area contributed by atoms with E-state index in [1.807, 2.05) is 24.3 Å². The number of nitrogens with zero attached hydrogens (tertiary/aromatic N) is 3. The van der Waals surface area contributed by atoms with Crippen LogP contribution in [0.2, 0.25) is 0 Å². The maximum Gasteiger partial charge on any atom is 0.322 e. The SMILES string of the molecule is COc1ccccc1CCn1cnc2sc3c(c2c1=O)CCN(C(=O)Nc1ccccc1F)C3. The Balaban J connectivity index is 1.36. The highest BCUT2D eigenvalue weighted by molar-refractivity contribution is 7.18. The number of benzene rings is 2. The van der Waals surface area contributed by atoms with E-state index in [0.717, 1.165) is 21.8 Å². The van der Waals surface area contributed by atoms with Crippen LogP contribution in [0.4, 0.5) is 14.9 Å². The van der Waals surface area contributed by atoms with Crippen molar-refractivity contribution in [1.82, 2.24) is 14.5 Å². The van der Waals surface area contributed by atoms with Gasteiger partial charge in [0.1, 0.15) is 16.4 Å². The molecule has 2 aromatic heterocycles. The standard InChI is InChI=1S/C25H23FN4O3S/c1-33-20-9-5-2-6-16(20)10-12-30-15-27-23-22(24(30)31)17-11-13-29(14-21(17)34-23)25(32)28-19-8-4-3-7-18(19)26/h2-9,15H,10-14H2,1H3,(H,28,32). The van der Waals surface area contributed by atoms with E-state index < -0.39 is 5.82 Å². The third-order valence-corrected chi connectivity index (χ3v) is 7.17. The fourth-order valence-electron chi connectivity index (χ4n) is 4.26. The Morgan fingerprint density at radius 3 is 2.82 bits per heavy atom. The number of halogens is 1. The maximum atomic E-state index is 13.9. The first kappa shape index (κ1) is 22.1. The molecule has 2 aromatic carbocycles. The summed E-state index contributed by atoms with van der Waals surface area (Å²) in [5.74, 6) is 0.319. The Bertz CT molecular complexity index is 1430. The van der Waals surface area contributed by atoms with Crippen LogP contribution in [0.5, 0.6) is 5.75 Å². The van der Waals surface area contributed by atoms with Gasteiger partial charge in [-0.2, -0.15) is 0 Å². The molecule has 0 bridgehead atoms. The summed E-state index contributed by atoms with van der Waals surface area (Å²) in [4.78, 5) is 33.8. The number of anilines is 1. The van der Waals surface area contributed by atoms with Crippen LogP contribution in [0, 0.1) is 5.82 Å². The van der Waals surface area contributed by atoms with Crippen molar-refractivity contribution >= 4 is 33.3 Å². The van der Waals surface area contributed by atoms with Crippen molar-refractivity contribution in [3.05, 3.63) is 87.0 Å². The number of thiophene rings is 1. The largest absolute Gasteiger partial charge is 0.496 e. The van der Waals surface area contributed by atoms with Crippen molar-refractivity contribution in [2.24, 2.45) is 0 Å². The normalized spacial score (nSPS) is 13.1. The zero-order valence-corrected chi connectivity index (χ0v) is 19.4. The van der Waals surface area contributed by atoms with E-state index in [4.69, 9.17) is 4.74 Å². The molecule has 0 aliphatic carbocycles. The van der Waals surface area contributed by atoms with Gasteiger partial charge in [0.25, 0.3) is 5.56 Å². The van der Waals surface area contributed by atoms with Crippen LogP contribution < -0.4 is 15.6 Å². The van der Waals surface area contributed by atoms with Gasteiger partial charge in [-0.25, -0.2) is 14.2 Å². The van der Waals surface area contributed by atoms with Gasteiger partial charge in [-0.1, -0.05) is 30.3 Å². The fraction of sp³-hybridized carbons (Fsp3) is 0.240. The number of amides is 2. The van der Waals surface area contributed by atoms with Gasteiger partial charge >= 0.3 is 6.03 Å². The maximum absolute atomic E-state index is 13.9. The molecule has 0 radical (unpaired) electrons. The molecule has 174 valence electrons. The molecule has 0 atom stereocenters. The Morgan fingerprint density at radius 2 is 2.00 bits per heavy atom. The monoisotopic (exact) mass is 478 g/mol. The molecular formula is C25H23FN4O3S. The molecule has 1 aliphatic rings. The number of hydrogen-bond donors (Lipinski definition) is 1. The summed E-state index contributed by atoms with van der Waals surface area (Å²) in [6.07, 6.45) is 2.78. The van der Waals surface area contributed by atoms with Gasteiger partial charge < -0.3 is 15.0 Å². The van der Waals surface area contributed by atoms with E-state index in [1.165, 1.54) is 23.5 Å². The lowest BCUT2D eigenvalue weighted by Gasteiger charge is -2.27. The number of para-hydroxylation sites is 2. The highest BCUT2D eigenvalue weighted by Gasteiger charge is 2.26. The highest BCUT2D eigenvalue weighted by Crippen LogP contribution is 2.32. The van der Waals surface area contributed by atoms with Crippen LogP contribution in [0.3, 0.4) is 0 Å². The molecule has 4 aromatic rings. The summed E-state index contributed by atoms with van der Waals surface area (Å²) in [6, 6.07) is 13.5. The summed E-state index contributed by atoms with van der Waals surface area (Å²) < 4.78 is 21.0. The van der Waals surface area contributed by atoms with Crippen LogP contribution in [0.15, 0.2) is 59.7 Å². The number of carbonyl (C=O) groups excluding carboxylic acids is 1. The second-order valence-corrected chi connectivity index (χ2v) is 9.15. The van der Waals surface area contributed by atoms with Crippen molar-refractivity contribution in [1.29, 1.82) is 0 Å². The van der Waals surface area contributed by atoms with Gasteiger partial charge in [0.05, 0.1) is 31.1 Å². The second kappa shape index (κ2) is 9.26. The summed E-state index contributed by atoms with van der Waals surface area (Å²) >= 11 is 1.43. The lowest BCUT2D eigenvalue weighted by atomic mass is 10.1. The number of aromatic nitrogens is 2. The van der Waals surface area contributed by atoms with Gasteiger partial charge in [0.2, 0.25) is 0 Å². The van der Waals surface area contributed by atoms with Gasteiger partial charge in [-0.05, 0) is 42.2 Å². The average molecular weight is 479 g/mol. The van der Waals surface area contributed by atoms with Crippen molar-refractivity contribution in [3.63, 3.8) is 0 Å². The van der Waals surface area contributed by atoms with Crippen molar-refractivity contribution in [3.8, 4) is 5.75 Å². The Morgan fingerprint density at radius 1 is 1.21 bits per heavy atom. The minimum Gasteiger partial charge on any atom is -0.496 e. The number of aryl methyl sites for hydroxylation is 2. The van der Waals surface area contributed by atoms with E-state index in [2.05, 4.69) is 10.3 Å². The zero-order chi connectivity index (χ0) is 23.7. The van der Waals surface area contributed by atoms with Crippen LogP contribution >= 0.6 is 11.3 Å². The smallest absolute Gasteiger partial charge is 0.322 e. The summed E-state index contributed by atoms with van der Waals surface area (Å²) in [7, 11) is 1.64. The topological polar surface area (TPSA) is 76.5 Å². The number of nitrogens with one attached hydrogen (secondary N) is 1. The van der Waals surface area contributed by atoms with Gasteiger partial charge in [-0.3, -0.25) is 9.36 Å². The van der Waals surface area contributed by atoms with E-state index in [9.17, 15) is 14.0 Å². The zero-order valence-electron chi connectivity index (χ0n) is 18.6. The minimum atomic E-state index is -0.478. The van der Waals surface area contributed by atoms with Crippen molar-refractivity contribution in [2.45, 2.75) is 25.9 Å². The lowest BCUT2D eigenvalue weighted by Crippen LogP contribution is -2.38. The van der Waals surface area contributed by atoms with Gasteiger partial charge in [-0.15, -0.1) is 11.3 Å². The van der Waals surface area contributed by atoms with E-state index in [1.54, 1.807) is 35.0 Å². The Kier molecular flexibility index (Phi) is 6.02. The van der Waals surface area contributed by atoms with Crippen molar-refractivity contribution < 1.29 is 13.9 Å². The molecule has 0 saturated carbocycles. The number of fused-ring (bicyclic) bond motifs is 3.